The van der Waals surface area contributed by atoms with Crippen LogP contribution in [0, 0.1) is 0 Å². The van der Waals surface area contributed by atoms with Crippen molar-refractivity contribution in [3.8, 4) is 0 Å². The Bertz CT molecular complexity index is 855. The van der Waals surface area contributed by atoms with Crippen LogP contribution in [0.25, 0.3) is 0 Å². The molecule has 0 aliphatic rings. The van der Waals surface area contributed by atoms with Gasteiger partial charge in [0, 0.05) is 23.3 Å². The Hall–Kier alpha value is -2.94. The third-order valence-corrected chi connectivity index (χ3v) is 4.87. The molecule has 0 N–H and O–H groups in total. The van der Waals surface area contributed by atoms with Crippen molar-refractivity contribution in [2.24, 2.45) is 0 Å². The molecule has 0 amide bonds. The number of carbonyl (C=O) groups is 1. The minimum Gasteiger partial charge on any atom is -0.457 e. The number of pyridine rings is 1. The van der Waals surface area contributed by atoms with Crippen LogP contribution in [0.5, 0.6) is 0 Å². The first-order chi connectivity index (χ1) is 13.2. The molecule has 3 nitrogen and oxygen atoms in total. The molecule has 0 fully saturated rings. The lowest BCUT2D eigenvalue weighted by Gasteiger charge is -2.09. The number of carbonyl (C=O) groups excluding carboxylic acids is 1. The zero-order valence-electron chi connectivity index (χ0n) is 16.0. The minimum absolute atomic E-state index is 0.276. The van der Waals surface area contributed by atoms with Gasteiger partial charge in [-0.25, -0.2) is 9.36 Å². The molecular weight excluding hydrogens is 334 g/mol. The van der Waals surface area contributed by atoms with Gasteiger partial charge in [-0.15, -0.1) is 0 Å². The molecule has 0 bridgehead atoms. The van der Waals surface area contributed by atoms with E-state index in [0.29, 0.717) is 11.5 Å². The van der Waals surface area contributed by atoms with Gasteiger partial charge in [0.1, 0.15) is 6.61 Å². The summed E-state index contributed by atoms with van der Waals surface area (Å²) in [5.41, 5.74) is 4.07. The van der Waals surface area contributed by atoms with Crippen LogP contribution in [0.3, 0.4) is 0 Å². The van der Waals surface area contributed by atoms with E-state index in [1.807, 2.05) is 67.0 Å². The molecule has 0 saturated heterocycles. The molecule has 0 spiro atoms. The fourth-order valence-corrected chi connectivity index (χ4v) is 2.90. The van der Waals surface area contributed by atoms with Crippen LogP contribution >= 0.6 is 0 Å². The van der Waals surface area contributed by atoms with Crippen LogP contribution < -0.4 is 4.57 Å². The van der Waals surface area contributed by atoms with Gasteiger partial charge in [0.25, 0.3) is 0 Å². The fraction of sp³-hybridized carbons (Fsp3) is 0.250. The lowest BCUT2D eigenvalue weighted by Crippen LogP contribution is -2.33. The minimum atomic E-state index is -0.285. The second kappa shape index (κ2) is 9.13. The van der Waals surface area contributed by atoms with Crippen molar-refractivity contribution in [3.05, 3.63) is 101 Å². The third-order valence-electron chi connectivity index (χ3n) is 4.87. The van der Waals surface area contributed by atoms with Crippen LogP contribution in [-0.2, 0) is 17.9 Å². The van der Waals surface area contributed by atoms with Gasteiger partial charge in [-0.3, -0.25) is 0 Å². The maximum atomic E-state index is 12.2. The molecular formula is C24H26NO2+. The SMILES string of the molecule is CCC(C)c1ccc(C(=O)OCc2cc[n+](Cc3ccccc3)cc2)cc1. The summed E-state index contributed by atoms with van der Waals surface area (Å²) in [6.07, 6.45) is 5.11. The molecule has 0 aliphatic heterocycles. The Balaban J connectivity index is 1.54. The topological polar surface area (TPSA) is 30.2 Å². The lowest BCUT2D eigenvalue weighted by atomic mass is 9.98. The van der Waals surface area contributed by atoms with Crippen molar-refractivity contribution in [2.75, 3.05) is 0 Å². The van der Waals surface area contributed by atoms with Crippen LogP contribution in [-0.4, -0.2) is 5.97 Å². The molecule has 1 atom stereocenters. The molecule has 1 aromatic heterocycles. The Morgan fingerprint density at radius 2 is 1.59 bits per heavy atom. The van der Waals surface area contributed by atoms with Crippen LogP contribution in [0.15, 0.2) is 79.1 Å². The number of esters is 1. The van der Waals surface area contributed by atoms with Gasteiger partial charge < -0.3 is 4.74 Å². The Labute approximate surface area is 161 Å². The average Bonchev–Trinajstić information content (AvgIpc) is 2.73. The molecule has 1 heterocycles. The van der Waals surface area contributed by atoms with Crippen LogP contribution in [0.4, 0.5) is 0 Å². The number of aromatic nitrogens is 1. The molecule has 1 unspecified atom stereocenters. The highest BCUT2D eigenvalue weighted by atomic mass is 16.5. The van der Waals surface area contributed by atoms with Crippen molar-refractivity contribution in [2.45, 2.75) is 39.3 Å². The molecule has 0 saturated carbocycles. The molecule has 2 aromatic carbocycles. The second-order valence-corrected chi connectivity index (χ2v) is 6.87. The monoisotopic (exact) mass is 360 g/mol. The molecule has 3 rings (SSSR count). The Morgan fingerprint density at radius 1 is 0.926 bits per heavy atom. The number of ether oxygens (including phenoxy) is 1. The van der Waals surface area contributed by atoms with Gasteiger partial charge in [0.15, 0.2) is 18.9 Å². The predicted octanol–water partition coefficient (Wildman–Crippen LogP) is 4.89. The first-order valence-electron chi connectivity index (χ1n) is 9.44. The summed E-state index contributed by atoms with van der Waals surface area (Å²) >= 11 is 0. The first-order valence-corrected chi connectivity index (χ1v) is 9.44. The third kappa shape index (κ3) is 5.27. The van der Waals surface area contributed by atoms with Gasteiger partial charge in [0.2, 0.25) is 0 Å². The number of hydrogen-bond donors (Lipinski definition) is 0. The van der Waals surface area contributed by atoms with Gasteiger partial charge >= 0.3 is 5.97 Å². The second-order valence-electron chi connectivity index (χ2n) is 6.87. The summed E-state index contributed by atoms with van der Waals surface area (Å²) < 4.78 is 7.56. The summed E-state index contributed by atoms with van der Waals surface area (Å²) in [6, 6.07) is 22.0. The van der Waals surface area contributed by atoms with Gasteiger partial charge in [-0.2, -0.15) is 0 Å². The lowest BCUT2D eigenvalue weighted by molar-refractivity contribution is -0.688. The van der Waals surface area contributed by atoms with Crippen LogP contribution in [0.1, 0.15) is 53.2 Å². The fourth-order valence-electron chi connectivity index (χ4n) is 2.90. The van der Waals surface area contributed by atoms with Crippen molar-refractivity contribution in [1.82, 2.24) is 0 Å². The predicted molar refractivity (Wildman–Crippen MR) is 106 cm³/mol. The van der Waals surface area contributed by atoms with E-state index in [9.17, 15) is 4.79 Å². The number of benzene rings is 2. The zero-order chi connectivity index (χ0) is 19.1. The van der Waals surface area contributed by atoms with E-state index in [0.717, 1.165) is 18.5 Å². The molecule has 138 valence electrons. The van der Waals surface area contributed by atoms with Gasteiger partial charge in [-0.05, 0) is 30.0 Å². The standard InChI is InChI=1S/C24H26NO2/c1-3-19(2)22-9-11-23(12-10-22)24(26)27-18-21-13-15-25(16-14-21)17-20-7-5-4-6-8-20/h4-16,19H,3,17-18H2,1-2H3/q+1. The number of rotatable bonds is 7. The maximum Gasteiger partial charge on any atom is 0.338 e. The Kier molecular flexibility index (Phi) is 6.37. The van der Waals surface area contributed by atoms with E-state index < -0.39 is 0 Å². The van der Waals surface area contributed by atoms with E-state index in [4.69, 9.17) is 4.74 Å². The van der Waals surface area contributed by atoms with Crippen molar-refractivity contribution >= 4 is 5.97 Å². The maximum absolute atomic E-state index is 12.2. The van der Waals surface area contributed by atoms with E-state index in [1.165, 1.54) is 11.1 Å². The highest BCUT2D eigenvalue weighted by molar-refractivity contribution is 5.89. The highest BCUT2D eigenvalue weighted by Gasteiger charge is 2.10. The Morgan fingerprint density at radius 3 is 2.22 bits per heavy atom. The average molecular weight is 360 g/mol. The summed E-state index contributed by atoms with van der Waals surface area (Å²) in [5.74, 6) is 0.216. The first kappa shape index (κ1) is 18.8. The van der Waals surface area contributed by atoms with E-state index in [-0.39, 0.29) is 12.6 Å². The van der Waals surface area contributed by atoms with Crippen molar-refractivity contribution in [1.29, 1.82) is 0 Å². The van der Waals surface area contributed by atoms with Crippen molar-refractivity contribution in [3.63, 3.8) is 0 Å². The molecule has 3 heteroatoms. The van der Waals surface area contributed by atoms with Gasteiger partial charge in [0.05, 0.1) is 5.56 Å². The summed E-state index contributed by atoms with van der Waals surface area (Å²) in [7, 11) is 0. The van der Waals surface area contributed by atoms with E-state index in [2.05, 4.69) is 30.5 Å². The molecule has 27 heavy (non-hydrogen) atoms. The molecule has 0 aliphatic carbocycles. The van der Waals surface area contributed by atoms with E-state index in [1.54, 1.807) is 0 Å². The summed E-state index contributed by atoms with van der Waals surface area (Å²) in [6.45, 7) is 5.45. The number of hydrogen-bond acceptors (Lipinski definition) is 2. The number of nitrogens with zero attached hydrogens (tertiary/aromatic N) is 1. The largest absolute Gasteiger partial charge is 0.457 e. The quantitative estimate of drug-likeness (QED) is 0.443. The summed E-state index contributed by atoms with van der Waals surface area (Å²) in [5, 5.41) is 0. The summed E-state index contributed by atoms with van der Waals surface area (Å²) in [4.78, 5) is 12.2. The highest BCUT2D eigenvalue weighted by Crippen LogP contribution is 2.19. The van der Waals surface area contributed by atoms with Crippen molar-refractivity contribution < 1.29 is 14.1 Å². The normalized spacial score (nSPS) is 11.8. The molecule has 0 radical (unpaired) electrons. The van der Waals surface area contributed by atoms with Gasteiger partial charge in [-0.1, -0.05) is 56.3 Å². The molecule has 3 aromatic rings. The van der Waals surface area contributed by atoms with E-state index >= 15 is 0 Å². The van der Waals surface area contributed by atoms with Crippen LogP contribution in [0.2, 0.25) is 0 Å². The zero-order valence-corrected chi connectivity index (χ0v) is 16.0. The smallest absolute Gasteiger partial charge is 0.338 e.